The van der Waals surface area contributed by atoms with E-state index in [-0.39, 0.29) is 6.54 Å². The molecular weight excluding hydrogens is 184 g/mol. The third-order valence-electron chi connectivity index (χ3n) is 1.77. The minimum Gasteiger partial charge on any atom is -0.480 e. The van der Waals surface area contributed by atoms with Crippen LogP contribution in [0, 0.1) is 0 Å². The number of hydrogen-bond acceptors (Lipinski definition) is 5. The van der Waals surface area contributed by atoms with Crippen LogP contribution in [0.15, 0.2) is 0 Å². The lowest BCUT2D eigenvalue weighted by Crippen LogP contribution is -2.39. The first-order valence-electron chi connectivity index (χ1n) is 4.75. The maximum absolute atomic E-state index is 10.2. The average Bonchev–Trinajstić information content (AvgIpc) is 2.12. The van der Waals surface area contributed by atoms with Crippen molar-refractivity contribution in [2.24, 2.45) is 11.5 Å². The lowest BCUT2D eigenvalue weighted by molar-refractivity contribution is -0.135. The number of carbonyl (C=O) groups is 1. The molecule has 0 rings (SSSR count). The zero-order valence-electron chi connectivity index (χ0n) is 8.41. The Morgan fingerprint density at radius 2 is 1.79 bits per heavy atom. The summed E-state index contributed by atoms with van der Waals surface area (Å²) in [6.45, 7) is 4.21. The second-order valence-electron chi connectivity index (χ2n) is 2.99. The Morgan fingerprint density at radius 3 is 2.21 bits per heavy atom. The molecule has 0 aliphatic carbocycles. The van der Waals surface area contributed by atoms with Crippen molar-refractivity contribution in [1.82, 2.24) is 10.2 Å². The molecule has 0 aromatic rings. The summed E-state index contributed by atoms with van der Waals surface area (Å²) in [5.74, 6) is -0.839. The molecule has 0 aromatic heterocycles. The molecule has 0 saturated carbocycles. The van der Waals surface area contributed by atoms with E-state index in [1.807, 2.05) is 0 Å². The highest BCUT2D eigenvalue weighted by molar-refractivity contribution is 5.68. The Kier molecular flexibility index (Phi) is 8.45. The third-order valence-corrected chi connectivity index (χ3v) is 1.77. The van der Waals surface area contributed by atoms with E-state index in [0.29, 0.717) is 19.6 Å². The molecule has 0 saturated heterocycles. The minimum atomic E-state index is -0.839. The van der Waals surface area contributed by atoms with Crippen LogP contribution in [0.25, 0.3) is 0 Å². The third kappa shape index (κ3) is 7.93. The van der Waals surface area contributed by atoms with Gasteiger partial charge < -0.3 is 21.9 Å². The Bertz CT molecular complexity index is 148. The first-order chi connectivity index (χ1) is 6.70. The van der Waals surface area contributed by atoms with Gasteiger partial charge in [0.05, 0.1) is 6.54 Å². The molecule has 6 N–H and O–H groups in total. The largest absolute Gasteiger partial charge is 0.480 e. The van der Waals surface area contributed by atoms with E-state index in [2.05, 4.69) is 10.2 Å². The molecule has 0 heterocycles. The van der Waals surface area contributed by atoms with Gasteiger partial charge in [-0.2, -0.15) is 0 Å². The van der Waals surface area contributed by atoms with Gasteiger partial charge in [-0.15, -0.1) is 0 Å². The molecular formula is C8H20N4O2. The van der Waals surface area contributed by atoms with Crippen molar-refractivity contribution in [3.63, 3.8) is 0 Å². The summed E-state index contributed by atoms with van der Waals surface area (Å²) in [5.41, 5.74) is 10.8. The van der Waals surface area contributed by atoms with E-state index < -0.39 is 5.97 Å². The SMILES string of the molecule is NCCN(CCN)CCNCC(=O)O. The van der Waals surface area contributed by atoms with Crippen molar-refractivity contribution in [3.8, 4) is 0 Å². The lowest BCUT2D eigenvalue weighted by Gasteiger charge is -2.20. The van der Waals surface area contributed by atoms with Gasteiger partial charge in [0.25, 0.3) is 0 Å². The molecule has 84 valence electrons. The fraction of sp³-hybridized carbons (Fsp3) is 0.875. The quantitative estimate of drug-likeness (QED) is 0.320. The first kappa shape index (κ1) is 13.3. The van der Waals surface area contributed by atoms with Crippen molar-refractivity contribution in [2.75, 3.05) is 45.8 Å². The lowest BCUT2D eigenvalue weighted by atomic mass is 10.4. The number of carboxylic acids is 1. The number of nitrogens with one attached hydrogen (secondary N) is 1. The van der Waals surface area contributed by atoms with E-state index in [1.165, 1.54) is 0 Å². The van der Waals surface area contributed by atoms with E-state index in [1.54, 1.807) is 0 Å². The number of nitrogens with zero attached hydrogens (tertiary/aromatic N) is 1. The topological polar surface area (TPSA) is 105 Å². The highest BCUT2D eigenvalue weighted by Gasteiger charge is 2.02. The van der Waals surface area contributed by atoms with Crippen LogP contribution in [-0.4, -0.2) is 61.8 Å². The van der Waals surface area contributed by atoms with Gasteiger partial charge in [-0.3, -0.25) is 9.69 Å². The standard InChI is InChI=1S/C8H20N4O2/c9-1-4-12(5-2-10)6-3-11-7-8(13)14/h11H,1-7,9-10H2,(H,13,14). The number of aliphatic carboxylic acids is 1. The minimum absolute atomic E-state index is 0.000903. The maximum atomic E-state index is 10.2. The molecule has 0 aliphatic heterocycles. The van der Waals surface area contributed by atoms with Gasteiger partial charge in [-0.25, -0.2) is 0 Å². The number of rotatable bonds is 9. The fourth-order valence-electron chi connectivity index (χ4n) is 1.13. The van der Waals surface area contributed by atoms with Crippen LogP contribution >= 0.6 is 0 Å². The Labute approximate surface area is 84.2 Å². The highest BCUT2D eigenvalue weighted by Crippen LogP contribution is 1.83. The molecule has 0 atom stereocenters. The van der Waals surface area contributed by atoms with Gasteiger partial charge in [0.2, 0.25) is 0 Å². The van der Waals surface area contributed by atoms with Crippen LogP contribution in [0.1, 0.15) is 0 Å². The molecule has 14 heavy (non-hydrogen) atoms. The van der Waals surface area contributed by atoms with E-state index in [9.17, 15) is 4.79 Å². The second kappa shape index (κ2) is 8.89. The normalized spacial score (nSPS) is 10.8. The molecule has 0 bridgehead atoms. The zero-order valence-corrected chi connectivity index (χ0v) is 8.41. The van der Waals surface area contributed by atoms with Crippen molar-refractivity contribution >= 4 is 5.97 Å². The number of carboxylic acid groups (broad SMARTS) is 1. The van der Waals surface area contributed by atoms with Crippen molar-refractivity contribution in [2.45, 2.75) is 0 Å². The molecule has 0 spiro atoms. The van der Waals surface area contributed by atoms with Crippen LogP contribution in [0.3, 0.4) is 0 Å². The van der Waals surface area contributed by atoms with Crippen LogP contribution in [-0.2, 0) is 4.79 Å². The summed E-state index contributed by atoms with van der Waals surface area (Å²) >= 11 is 0. The smallest absolute Gasteiger partial charge is 0.317 e. The van der Waals surface area contributed by atoms with Gasteiger partial charge >= 0.3 is 5.97 Å². The van der Waals surface area contributed by atoms with Crippen molar-refractivity contribution < 1.29 is 9.90 Å². The fourth-order valence-corrected chi connectivity index (χ4v) is 1.13. The Morgan fingerprint density at radius 1 is 1.21 bits per heavy atom. The molecule has 0 aliphatic rings. The summed E-state index contributed by atoms with van der Waals surface area (Å²) in [6, 6.07) is 0. The molecule has 0 fully saturated rings. The predicted octanol–water partition coefficient (Wildman–Crippen LogP) is -2.12. The molecule has 0 radical (unpaired) electrons. The van der Waals surface area contributed by atoms with E-state index in [0.717, 1.165) is 19.6 Å². The highest BCUT2D eigenvalue weighted by atomic mass is 16.4. The van der Waals surface area contributed by atoms with Crippen LogP contribution < -0.4 is 16.8 Å². The Balaban J connectivity index is 3.44. The number of hydrogen-bond donors (Lipinski definition) is 4. The summed E-state index contributed by atoms with van der Waals surface area (Å²) in [7, 11) is 0. The average molecular weight is 204 g/mol. The van der Waals surface area contributed by atoms with Crippen molar-refractivity contribution in [1.29, 1.82) is 0 Å². The maximum Gasteiger partial charge on any atom is 0.317 e. The molecule has 0 aromatic carbocycles. The van der Waals surface area contributed by atoms with E-state index >= 15 is 0 Å². The second-order valence-corrected chi connectivity index (χ2v) is 2.99. The molecule has 0 unspecified atom stereocenters. The van der Waals surface area contributed by atoms with Gasteiger partial charge in [0.1, 0.15) is 0 Å². The summed E-state index contributed by atoms with van der Waals surface area (Å²) in [5, 5.41) is 11.2. The molecule has 6 heteroatoms. The first-order valence-corrected chi connectivity index (χ1v) is 4.75. The van der Waals surface area contributed by atoms with Crippen LogP contribution in [0.2, 0.25) is 0 Å². The van der Waals surface area contributed by atoms with Gasteiger partial charge in [-0.1, -0.05) is 0 Å². The van der Waals surface area contributed by atoms with Crippen LogP contribution in [0.4, 0.5) is 0 Å². The Hall–Kier alpha value is -0.690. The van der Waals surface area contributed by atoms with Crippen molar-refractivity contribution in [3.05, 3.63) is 0 Å². The molecule has 6 nitrogen and oxygen atoms in total. The summed E-state index contributed by atoms with van der Waals surface area (Å²) in [4.78, 5) is 12.3. The van der Waals surface area contributed by atoms with Crippen LogP contribution in [0.5, 0.6) is 0 Å². The summed E-state index contributed by atoms with van der Waals surface area (Å²) < 4.78 is 0. The monoisotopic (exact) mass is 204 g/mol. The molecule has 0 amide bonds. The van der Waals surface area contributed by atoms with Gasteiger partial charge in [-0.05, 0) is 0 Å². The van der Waals surface area contributed by atoms with Gasteiger partial charge in [0.15, 0.2) is 0 Å². The number of nitrogens with two attached hydrogens (primary N) is 2. The van der Waals surface area contributed by atoms with Gasteiger partial charge in [0, 0.05) is 39.3 Å². The predicted molar refractivity (Wildman–Crippen MR) is 55.1 cm³/mol. The van der Waals surface area contributed by atoms with E-state index in [4.69, 9.17) is 16.6 Å². The zero-order chi connectivity index (χ0) is 10.8. The summed E-state index contributed by atoms with van der Waals surface area (Å²) in [6.07, 6.45) is 0.